The number of allylic oxidation sites excluding steroid dienone is 2. The molecule has 0 bridgehead atoms. The van der Waals surface area contributed by atoms with Crippen LogP contribution in [-0.2, 0) is 16.6 Å². The van der Waals surface area contributed by atoms with Gasteiger partial charge >= 0.3 is 0 Å². The Morgan fingerprint density at radius 1 is 1.06 bits per heavy atom. The largest absolute Gasteiger partial charge is 0.308 e. The SMILES string of the molecule is [C-]#[N+]C1=C[C@@]2(C)c3nc(-c4cccc5ncccc45)nc(-c4ccccc4F)c3CC[C@@H]2[C@@H](C)C1=O. The second-order valence-corrected chi connectivity index (χ2v) is 9.80. The third-order valence-electron chi connectivity index (χ3n) is 7.84. The van der Waals surface area contributed by atoms with Crippen LogP contribution in [0.15, 0.2) is 72.6 Å². The maximum absolute atomic E-state index is 15.1. The molecule has 0 N–H and O–H groups in total. The van der Waals surface area contributed by atoms with E-state index in [1.165, 1.54) is 6.07 Å². The number of halogens is 1. The number of fused-ring (bicyclic) bond motifs is 4. The Hall–Kier alpha value is -4.24. The predicted molar refractivity (Wildman–Crippen MR) is 136 cm³/mol. The molecule has 0 amide bonds. The molecule has 4 aromatic rings. The minimum Gasteiger partial charge on any atom is -0.308 e. The number of Topliss-reactive ketones (excluding diaryl/α,β-unsaturated/α-hetero) is 1. The minimum absolute atomic E-state index is 0.00611. The third-order valence-corrected chi connectivity index (χ3v) is 7.84. The molecule has 6 heteroatoms. The highest BCUT2D eigenvalue weighted by Gasteiger charge is 2.49. The van der Waals surface area contributed by atoms with Crippen molar-refractivity contribution in [1.82, 2.24) is 15.0 Å². The molecule has 36 heavy (non-hydrogen) atoms. The maximum atomic E-state index is 15.1. The van der Waals surface area contributed by atoms with Crippen molar-refractivity contribution < 1.29 is 9.18 Å². The zero-order valence-corrected chi connectivity index (χ0v) is 20.0. The lowest BCUT2D eigenvalue weighted by molar-refractivity contribution is -0.121. The monoisotopic (exact) mass is 474 g/mol. The number of nitrogens with zero attached hydrogens (tertiary/aromatic N) is 4. The first-order valence-corrected chi connectivity index (χ1v) is 12.1. The van der Waals surface area contributed by atoms with E-state index in [0.717, 1.165) is 34.1 Å². The van der Waals surface area contributed by atoms with Crippen molar-refractivity contribution in [2.24, 2.45) is 11.8 Å². The average Bonchev–Trinajstić information content (AvgIpc) is 2.90. The lowest BCUT2D eigenvalue weighted by atomic mass is 9.58. The van der Waals surface area contributed by atoms with Gasteiger partial charge in [0.25, 0.3) is 0 Å². The van der Waals surface area contributed by atoms with Crippen LogP contribution in [0.25, 0.3) is 38.4 Å². The van der Waals surface area contributed by atoms with Gasteiger partial charge in [0.2, 0.25) is 5.70 Å². The molecule has 0 spiro atoms. The highest BCUT2D eigenvalue weighted by Crippen LogP contribution is 2.51. The van der Waals surface area contributed by atoms with Gasteiger partial charge in [0.1, 0.15) is 5.82 Å². The van der Waals surface area contributed by atoms with Gasteiger partial charge in [0.05, 0.1) is 23.5 Å². The molecule has 0 unspecified atom stereocenters. The highest BCUT2D eigenvalue weighted by atomic mass is 19.1. The molecular formula is C30H23FN4O. The van der Waals surface area contributed by atoms with Crippen LogP contribution in [0.5, 0.6) is 0 Å². The van der Waals surface area contributed by atoms with Gasteiger partial charge in [0.15, 0.2) is 11.6 Å². The number of pyridine rings is 1. The zero-order valence-electron chi connectivity index (χ0n) is 20.0. The van der Waals surface area contributed by atoms with Crippen LogP contribution in [0.3, 0.4) is 0 Å². The summed E-state index contributed by atoms with van der Waals surface area (Å²) < 4.78 is 15.1. The summed E-state index contributed by atoms with van der Waals surface area (Å²) in [6, 6.07) is 16.3. The third kappa shape index (κ3) is 3.20. The first-order valence-electron chi connectivity index (χ1n) is 12.1. The van der Waals surface area contributed by atoms with Gasteiger partial charge in [-0.25, -0.2) is 19.2 Å². The molecule has 2 aromatic heterocycles. The molecule has 3 atom stereocenters. The molecule has 2 heterocycles. The van der Waals surface area contributed by atoms with Crippen LogP contribution in [0.1, 0.15) is 31.5 Å². The summed E-state index contributed by atoms with van der Waals surface area (Å²) in [5.74, 6) is -0.280. The van der Waals surface area contributed by atoms with Crippen LogP contribution in [0.4, 0.5) is 4.39 Å². The van der Waals surface area contributed by atoms with Gasteiger partial charge in [0, 0.05) is 39.6 Å². The van der Waals surface area contributed by atoms with Crippen molar-refractivity contribution in [3.63, 3.8) is 0 Å². The maximum Gasteiger partial charge on any atom is 0.226 e. The number of aromatic nitrogens is 3. The summed E-state index contributed by atoms with van der Waals surface area (Å²) in [5.41, 5.74) is 3.76. The highest BCUT2D eigenvalue weighted by molar-refractivity contribution is 6.00. The first-order chi connectivity index (χ1) is 17.4. The first kappa shape index (κ1) is 22.2. The van der Waals surface area contributed by atoms with Crippen LogP contribution < -0.4 is 0 Å². The van der Waals surface area contributed by atoms with Gasteiger partial charge in [-0.15, -0.1) is 0 Å². The van der Waals surface area contributed by atoms with E-state index in [1.54, 1.807) is 30.5 Å². The van der Waals surface area contributed by atoms with Gasteiger partial charge in [-0.1, -0.05) is 50.3 Å². The van der Waals surface area contributed by atoms with E-state index in [4.69, 9.17) is 16.5 Å². The van der Waals surface area contributed by atoms with Crippen LogP contribution >= 0.6 is 0 Å². The lowest BCUT2D eigenvalue weighted by Crippen LogP contribution is -2.46. The smallest absolute Gasteiger partial charge is 0.226 e. The van der Waals surface area contributed by atoms with Crippen molar-refractivity contribution in [3.8, 4) is 22.6 Å². The topological polar surface area (TPSA) is 60.1 Å². The van der Waals surface area contributed by atoms with E-state index in [2.05, 4.69) is 16.8 Å². The summed E-state index contributed by atoms with van der Waals surface area (Å²) in [7, 11) is 0. The molecular weight excluding hydrogens is 451 g/mol. The Morgan fingerprint density at radius 3 is 2.67 bits per heavy atom. The molecule has 2 aliphatic rings. The van der Waals surface area contributed by atoms with Crippen molar-refractivity contribution >= 4 is 16.7 Å². The second kappa shape index (κ2) is 8.17. The van der Waals surface area contributed by atoms with Gasteiger partial charge < -0.3 is 4.79 Å². The summed E-state index contributed by atoms with van der Waals surface area (Å²) in [5, 5.41) is 0.904. The molecule has 2 aromatic carbocycles. The van der Waals surface area contributed by atoms with Crippen molar-refractivity contribution in [2.45, 2.75) is 32.1 Å². The Balaban J connectivity index is 1.70. The van der Waals surface area contributed by atoms with Gasteiger partial charge in [-0.2, -0.15) is 0 Å². The van der Waals surface area contributed by atoms with Gasteiger partial charge in [-0.05, 0) is 43.0 Å². The molecule has 5 nitrogen and oxygen atoms in total. The standard InChI is InChI=1S/C30H23FN4O/c1-17-22-14-13-21-26(20-8-4-5-11-23(20)31)34-29(19-9-6-12-24-18(19)10-7-15-33-24)35-28(21)30(22,2)16-25(32-3)27(17)36/h4-12,15-17,22H,13-14H2,1-2H3/t17-,22-,30-/m1/s1. The van der Waals surface area contributed by atoms with E-state index in [9.17, 15) is 4.79 Å². The Morgan fingerprint density at radius 2 is 1.86 bits per heavy atom. The van der Waals surface area contributed by atoms with Crippen molar-refractivity contribution in [3.05, 3.63) is 101 Å². The van der Waals surface area contributed by atoms with E-state index >= 15 is 4.39 Å². The molecule has 0 radical (unpaired) electrons. The Kier molecular flexibility index (Phi) is 5.04. The fourth-order valence-corrected chi connectivity index (χ4v) is 6.04. The van der Waals surface area contributed by atoms with E-state index in [0.29, 0.717) is 23.5 Å². The second-order valence-electron chi connectivity index (χ2n) is 9.80. The fraction of sp³-hybridized carbons (Fsp3) is 0.233. The molecule has 176 valence electrons. The summed E-state index contributed by atoms with van der Waals surface area (Å²) in [6.07, 6.45) is 4.90. The molecule has 0 aliphatic heterocycles. The van der Waals surface area contributed by atoms with Gasteiger partial charge in [-0.3, -0.25) is 4.98 Å². The molecule has 6 rings (SSSR count). The van der Waals surface area contributed by atoms with Crippen molar-refractivity contribution in [2.75, 3.05) is 0 Å². The van der Waals surface area contributed by atoms with Crippen LogP contribution in [-0.4, -0.2) is 20.7 Å². The summed E-state index contributed by atoms with van der Waals surface area (Å²) in [6.45, 7) is 11.6. The van der Waals surface area contributed by atoms with E-state index in [-0.39, 0.29) is 29.1 Å². The minimum atomic E-state index is -0.651. The molecule has 0 fully saturated rings. The molecule has 0 saturated heterocycles. The fourth-order valence-electron chi connectivity index (χ4n) is 6.04. The van der Waals surface area contributed by atoms with E-state index in [1.807, 2.05) is 37.3 Å². The van der Waals surface area contributed by atoms with Crippen LogP contribution in [0.2, 0.25) is 0 Å². The normalized spacial score (nSPS) is 22.9. The van der Waals surface area contributed by atoms with Crippen LogP contribution in [0, 0.1) is 24.2 Å². The Labute approximate surface area is 208 Å². The van der Waals surface area contributed by atoms with E-state index < -0.39 is 5.41 Å². The predicted octanol–water partition coefficient (Wildman–Crippen LogP) is 6.34. The molecule has 2 aliphatic carbocycles. The zero-order chi connectivity index (χ0) is 25.0. The summed E-state index contributed by atoms with van der Waals surface area (Å²) >= 11 is 0. The number of hydrogen-bond donors (Lipinski definition) is 0. The Bertz CT molecular complexity index is 1630. The number of rotatable bonds is 2. The number of benzene rings is 2. The summed E-state index contributed by atoms with van der Waals surface area (Å²) in [4.78, 5) is 31.0. The molecule has 0 saturated carbocycles. The quantitative estimate of drug-likeness (QED) is 0.318. The van der Waals surface area contributed by atoms with Crippen molar-refractivity contribution in [1.29, 1.82) is 0 Å². The number of hydrogen-bond acceptors (Lipinski definition) is 4. The average molecular weight is 475 g/mol. The number of ketones is 1. The lowest BCUT2D eigenvalue weighted by Gasteiger charge is -2.46. The number of carbonyl (C=O) groups excluding carboxylic acids is 1. The number of carbonyl (C=O) groups is 1.